The fourth-order valence-electron chi connectivity index (χ4n) is 1.51. The summed E-state index contributed by atoms with van der Waals surface area (Å²) in [5.41, 5.74) is 0.875. The molecule has 16 heavy (non-hydrogen) atoms. The zero-order valence-electron chi connectivity index (χ0n) is 8.71. The summed E-state index contributed by atoms with van der Waals surface area (Å²) in [5, 5.41) is 0. The van der Waals surface area contributed by atoms with E-state index in [2.05, 4.69) is 0 Å². The van der Waals surface area contributed by atoms with Crippen molar-refractivity contribution in [3.8, 4) is 16.9 Å². The van der Waals surface area contributed by atoms with E-state index in [1.807, 2.05) is 0 Å². The summed E-state index contributed by atoms with van der Waals surface area (Å²) in [6.07, 6.45) is 0. The molecule has 0 heterocycles. The van der Waals surface area contributed by atoms with Crippen molar-refractivity contribution in [2.24, 2.45) is 0 Å². The van der Waals surface area contributed by atoms with E-state index >= 15 is 0 Å². The lowest BCUT2D eigenvalue weighted by molar-refractivity contribution is 0.411. The molecule has 82 valence electrons. The van der Waals surface area contributed by atoms with Crippen LogP contribution in [0.15, 0.2) is 42.5 Å². The Hall–Kier alpha value is -1.90. The van der Waals surface area contributed by atoms with Gasteiger partial charge in [-0.1, -0.05) is 12.1 Å². The van der Waals surface area contributed by atoms with Gasteiger partial charge in [0.05, 0.1) is 7.11 Å². The van der Waals surface area contributed by atoms with Gasteiger partial charge in [0.15, 0.2) is 0 Å². The number of hydrogen-bond donors (Lipinski definition) is 0. The van der Waals surface area contributed by atoms with Crippen LogP contribution in [0.5, 0.6) is 5.75 Å². The van der Waals surface area contributed by atoms with E-state index < -0.39 is 5.82 Å². The highest BCUT2D eigenvalue weighted by molar-refractivity contribution is 5.64. The maximum absolute atomic E-state index is 13.7. The van der Waals surface area contributed by atoms with E-state index in [1.54, 1.807) is 24.3 Å². The molecule has 2 aromatic carbocycles. The molecule has 0 N–H and O–H groups in total. The highest BCUT2D eigenvalue weighted by Crippen LogP contribution is 2.26. The van der Waals surface area contributed by atoms with Gasteiger partial charge in [0.25, 0.3) is 0 Å². The second kappa shape index (κ2) is 4.31. The van der Waals surface area contributed by atoms with Crippen molar-refractivity contribution >= 4 is 0 Å². The highest BCUT2D eigenvalue weighted by Gasteiger charge is 2.06. The summed E-state index contributed by atoms with van der Waals surface area (Å²) in [5.74, 6) is -0.365. The molecule has 0 amide bonds. The molecule has 0 saturated heterocycles. The number of halogens is 2. The van der Waals surface area contributed by atoms with Crippen molar-refractivity contribution in [2.75, 3.05) is 7.11 Å². The summed E-state index contributed by atoms with van der Waals surface area (Å²) < 4.78 is 31.5. The second-order valence-corrected chi connectivity index (χ2v) is 3.36. The van der Waals surface area contributed by atoms with E-state index in [-0.39, 0.29) is 5.82 Å². The zero-order chi connectivity index (χ0) is 11.5. The van der Waals surface area contributed by atoms with Gasteiger partial charge in [0.2, 0.25) is 0 Å². The van der Waals surface area contributed by atoms with Crippen LogP contribution >= 0.6 is 0 Å². The Balaban J connectivity index is 2.48. The van der Waals surface area contributed by atoms with Gasteiger partial charge < -0.3 is 4.74 Å². The normalized spacial score (nSPS) is 10.2. The highest BCUT2D eigenvalue weighted by atomic mass is 19.1. The maximum atomic E-state index is 13.7. The monoisotopic (exact) mass is 220 g/mol. The van der Waals surface area contributed by atoms with Gasteiger partial charge in [-0.3, -0.25) is 0 Å². The molecule has 0 aliphatic carbocycles. The zero-order valence-corrected chi connectivity index (χ0v) is 8.71. The molecule has 0 unspecified atom stereocenters. The summed E-state index contributed by atoms with van der Waals surface area (Å²) in [6.45, 7) is 0. The van der Waals surface area contributed by atoms with Crippen LogP contribution in [0.2, 0.25) is 0 Å². The van der Waals surface area contributed by atoms with Crippen LogP contribution in [0.3, 0.4) is 0 Å². The van der Waals surface area contributed by atoms with Crippen molar-refractivity contribution in [1.29, 1.82) is 0 Å². The molecule has 1 nitrogen and oxygen atoms in total. The maximum Gasteiger partial charge on any atom is 0.134 e. The summed E-state index contributed by atoms with van der Waals surface area (Å²) in [4.78, 5) is 0. The average Bonchev–Trinajstić information content (AvgIpc) is 2.28. The second-order valence-electron chi connectivity index (χ2n) is 3.36. The van der Waals surface area contributed by atoms with Gasteiger partial charge in [0.1, 0.15) is 17.4 Å². The van der Waals surface area contributed by atoms with Crippen LogP contribution < -0.4 is 4.74 Å². The van der Waals surface area contributed by atoms with Gasteiger partial charge in [-0.25, -0.2) is 8.78 Å². The molecule has 2 rings (SSSR count). The molecule has 0 aromatic heterocycles. The van der Waals surface area contributed by atoms with Crippen molar-refractivity contribution in [3.63, 3.8) is 0 Å². The standard InChI is InChI=1S/C13H10F2O/c1-16-11-5-6-12(13(15)8-11)9-3-2-4-10(14)7-9/h2-8H,1H3. The van der Waals surface area contributed by atoms with E-state index in [9.17, 15) is 8.78 Å². The minimum absolute atomic E-state index is 0.361. The molecule has 0 fully saturated rings. The summed E-state index contributed by atoms with van der Waals surface area (Å²) >= 11 is 0. The minimum Gasteiger partial charge on any atom is -0.497 e. The number of benzene rings is 2. The Labute approximate surface area is 92.3 Å². The first-order valence-electron chi connectivity index (χ1n) is 4.80. The molecule has 2 aromatic rings. The topological polar surface area (TPSA) is 9.23 Å². The number of rotatable bonds is 2. The third-order valence-electron chi connectivity index (χ3n) is 2.31. The Morgan fingerprint density at radius 2 is 1.81 bits per heavy atom. The molecule has 0 bridgehead atoms. The van der Waals surface area contributed by atoms with Crippen molar-refractivity contribution in [2.45, 2.75) is 0 Å². The Kier molecular flexibility index (Phi) is 2.86. The lowest BCUT2D eigenvalue weighted by atomic mass is 10.0. The predicted molar refractivity (Wildman–Crippen MR) is 58.3 cm³/mol. The van der Waals surface area contributed by atoms with E-state index in [1.165, 1.54) is 25.3 Å². The molecule has 0 saturated carbocycles. The Morgan fingerprint density at radius 1 is 1.00 bits per heavy atom. The molecule has 0 aliphatic rings. The van der Waals surface area contributed by atoms with E-state index in [0.717, 1.165) is 0 Å². The molecule has 3 heteroatoms. The molecule has 0 spiro atoms. The quantitative estimate of drug-likeness (QED) is 0.750. The number of hydrogen-bond acceptors (Lipinski definition) is 1. The first kappa shape index (κ1) is 10.6. The summed E-state index contributed by atoms with van der Waals surface area (Å²) in [6, 6.07) is 10.3. The Morgan fingerprint density at radius 3 is 2.44 bits per heavy atom. The largest absolute Gasteiger partial charge is 0.497 e. The van der Waals surface area contributed by atoms with Crippen LogP contribution in [-0.2, 0) is 0 Å². The lowest BCUT2D eigenvalue weighted by Gasteiger charge is -2.05. The van der Waals surface area contributed by atoms with Gasteiger partial charge in [-0.05, 0) is 29.8 Å². The molecule has 0 atom stereocenters. The van der Waals surface area contributed by atoms with Gasteiger partial charge in [-0.15, -0.1) is 0 Å². The van der Waals surface area contributed by atoms with E-state index in [0.29, 0.717) is 16.9 Å². The Bertz CT molecular complexity index is 509. The summed E-state index contributed by atoms with van der Waals surface area (Å²) in [7, 11) is 1.47. The predicted octanol–water partition coefficient (Wildman–Crippen LogP) is 3.64. The van der Waals surface area contributed by atoms with Crippen LogP contribution in [0.4, 0.5) is 8.78 Å². The van der Waals surface area contributed by atoms with E-state index in [4.69, 9.17) is 4.74 Å². The fraction of sp³-hybridized carbons (Fsp3) is 0.0769. The minimum atomic E-state index is -0.426. The van der Waals surface area contributed by atoms with Crippen molar-refractivity contribution in [3.05, 3.63) is 54.1 Å². The van der Waals surface area contributed by atoms with Crippen LogP contribution in [0, 0.1) is 11.6 Å². The van der Waals surface area contributed by atoms with Crippen LogP contribution in [0.25, 0.3) is 11.1 Å². The lowest BCUT2D eigenvalue weighted by Crippen LogP contribution is -1.88. The average molecular weight is 220 g/mol. The number of ether oxygens (including phenoxy) is 1. The number of methoxy groups -OCH3 is 1. The molecule has 0 aliphatic heterocycles. The van der Waals surface area contributed by atoms with Gasteiger partial charge in [0, 0.05) is 11.6 Å². The molecule has 0 radical (unpaired) electrons. The third kappa shape index (κ3) is 2.03. The van der Waals surface area contributed by atoms with Crippen LogP contribution in [0.1, 0.15) is 0 Å². The smallest absolute Gasteiger partial charge is 0.134 e. The van der Waals surface area contributed by atoms with Crippen LogP contribution in [-0.4, -0.2) is 7.11 Å². The van der Waals surface area contributed by atoms with Crippen molar-refractivity contribution in [1.82, 2.24) is 0 Å². The van der Waals surface area contributed by atoms with Crippen molar-refractivity contribution < 1.29 is 13.5 Å². The first-order chi connectivity index (χ1) is 7.70. The fourth-order valence-corrected chi connectivity index (χ4v) is 1.51. The molecular weight excluding hydrogens is 210 g/mol. The first-order valence-corrected chi connectivity index (χ1v) is 4.80. The van der Waals surface area contributed by atoms with Gasteiger partial charge in [-0.2, -0.15) is 0 Å². The molecular formula is C13H10F2O. The third-order valence-corrected chi connectivity index (χ3v) is 2.31. The van der Waals surface area contributed by atoms with Gasteiger partial charge >= 0.3 is 0 Å². The SMILES string of the molecule is COc1ccc(-c2cccc(F)c2)c(F)c1.